The van der Waals surface area contributed by atoms with Crippen molar-refractivity contribution in [1.29, 1.82) is 0 Å². The zero-order valence-corrected chi connectivity index (χ0v) is 26.8. The molecule has 37 heavy (non-hydrogen) atoms. The fourth-order valence-electron chi connectivity index (χ4n) is 4.21. The minimum atomic E-state index is 0.0362. The second-order valence-corrected chi connectivity index (χ2v) is 11.1. The van der Waals surface area contributed by atoms with Gasteiger partial charge in [0, 0.05) is 18.5 Å². The normalized spacial score (nSPS) is 10.9. The van der Waals surface area contributed by atoms with E-state index in [9.17, 15) is 4.79 Å². The van der Waals surface area contributed by atoms with E-state index in [4.69, 9.17) is 9.47 Å². The molecule has 0 rings (SSSR count). The molecule has 0 fully saturated rings. The van der Waals surface area contributed by atoms with Crippen LogP contribution in [0.25, 0.3) is 0 Å². The van der Waals surface area contributed by atoms with Crippen LogP contribution in [-0.4, -0.2) is 37.9 Å². The Bertz CT molecular complexity index is 373. The van der Waals surface area contributed by atoms with Gasteiger partial charge in [-0.2, -0.15) is 0 Å². The second kappa shape index (κ2) is 38.0. The molecule has 0 atom stereocenters. The SMILES string of the molecule is CCCCCCCCCCOC(CCC)OCCCCCCCCCC.O=COCCCCCCCBr. The molecule has 0 aliphatic heterocycles. The molecule has 0 saturated carbocycles. The summed E-state index contributed by atoms with van der Waals surface area (Å²) in [4.78, 5) is 9.71. The van der Waals surface area contributed by atoms with Crippen molar-refractivity contribution in [3.63, 3.8) is 0 Å². The summed E-state index contributed by atoms with van der Waals surface area (Å²) < 4.78 is 16.5. The Labute approximate surface area is 240 Å². The van der Waals surface area contributed by atoms with E-state index in [-0.39, 0.29) is 6.29 Å². The molecular formula is C32H65BrO4. The van der Waals surface area contributed by atoms with Crippen LogP contribution in [0.4, 0.5) is 0 Å². The monoisotopic (exact) mass is 592 g/mol. The number of carbonyl (C=O) groups excluding carboxylic acids is 1. The highest BCUT2D eigenvalue weighted by molar-refractivity contribution is 9.09. The molecule has 5 heteroatoms. The lowest BCUT2D eigenvalue weighted by atomic mass is 10.1. The quantitative estimate of drug-likeness (QED) is 0.0360. The van der Waals surface area contributed by atoms with Gasteiger partial charge in [0.1, 0.15) is 0 Å². The molecule has 0 heterocycles. The molecule has 224 valence electrons. The molecule has 0 aromatic rings. The van der Waals surface area contributed by atoms with E-state index < -0.39 is 0 Å². The van der Waals surface area contributed by atoms with Gasteiger partial charge in [0.25, 0.3) is 6.47 Å². The van der Waals surface area contributed by atoms with E-state index in [1.165, 1.54) is 128 Å². The van der Waals surface area contributed by atoms with E-state index in [1.807, 2.05) is 0 Å². The molecular weight excluding hydrogens is 528 g/mol. The van der Waals surface area contributed by atoms with Crippen LogP contribution in [0.2, 0.25) is 0 Å². The average Bonchev–Trinajstić information content (AvgIpc) is 2.91. The van der Waals surface area contributed by atoms with Crippen molar-refractivity contribution in [3.8, 4) is 0 Å². The lowest BCUT2D eigenvalue weighted by Gasteiger charge is -2.18. The summed E-state index contributed by atoms with van der Waals surface area (Å²) in [6.07, 6.45) is 29.8. The first kappa shape index (κ1) is 39.0. The Kier molecular flexibility index (Phi) is 40.1. The molecule has 0 aromatic carbocycles. The number of hydrogen-bond donors (Lipinski definition) is 0. The third-order valence-electron chi connectivity index (χ3n) is 6.59. The van der Waals surface area contributed by atoms with E-state index in [0.717, 1.165) is 37.8 Å². The predicted molar refractivity (Wildman–Crippen MR) is 165 cm³/mol. The minimum absolute atomic E-state index is 0.0362. The smallest absolute Gasteiger partial charge is 0.293 e. The van der Waals surface area contributed by atoms with Gasteiger partial charge in [-0.1, -0.05) is 152 Å². The summed E-state index contributed by atoms with van der Waals surface area (Å²) in [5.74, 6) is 0. The van der Waals surface area contributed by atoms with Crippen LogP contribution < -0.4 is 0 Å². The highest BCUT2D eigenvalue weighted by atomic mass is 79.9. The van der Waals surface area contributed by atoms with Gasteiger partial charge in [0.2, 0.25) is 0 Å². The first-order chi connectivity index (χ1) is 18.3. The molecule has 0 bridgehead atoms. The molecule has 0 radical (unpaired) electrons. The lowest BCUT2D eigenvalue weighted by Crippen LogP contribution is -2.18. The summed E-state index contributed by atoms with van der Waals surface area (Å²) in [6.45, 7) is 9.61. The first-order valence-electron chi connectivity index (χ1n) is 16.1. The van der Waals surface area contributed by atoms with Crippen LogP contribution in [0.5, 0.6) is 0 Å². The maximum Gasteiger partial charge on any atom is 0.293 e. The molecule has 0 aliphatic carbocycles. The van der Waals surface area contributed by atoms with Crippen LogP contribution in [0.15, 0.2) is 0 Å². The fourth-order valence-corrected chi connectivity index (χ4v) is 4.61. The van der Waals surface area contributed by atoms with E-state index in [0.29, 0.717) is 13.1 Å². The van der Waals surface area contributed by atoms with Crippen molar-refractivity contribution in [2.24, 2.45) is 0 Å². The van der Waals surface area contributed by atoms with Crippen molar-refractivity contribution in [1.82, 2.24) is 0 Å². The Morgan fingerprint density at radius 3 is 1.27 bits per heavy atom. The number of hydrogen-bond acceptors (Lipinski definition) is 4. The van der Waals surface area contributed by atoms with Gasteiger partial charge >= 0.3 is 0 Å². The van der Waals surface area contributed by atoms with Crippen molar-refractivity contribution in [3.05, 3.63) is 0 Å². The number of rotatable bonds is 30. The zero-order valence-electron chi connectivity index (χ0n) is 25.3. The van der Waals surface area contributed by atoms with E-state index >= 15 is 0 Å². The molecule has 0 amide bonds. The van der Waals surface area contributed by atoms with Gasteiger partial charge in [-0.05, 0) is 32.1 Å². The Morgan fingerprint density at radius 1 is 0.514 bits per heavy atom. The maximum atomic E-state index is 9.71. The highest BCUT2D eigenvalue weighted by Gasteiger charge is 2.07. The molecule has 0 spiro atoms. The average molecular weight is 594 g/mol. The topological polar surface area (TPSA) is 44.8 Å². The zero-order chi connectivity index (χ0) is 27.5. The molecule has 0 aromatic heterocycles. The summed E-state index contributed by atoms with van der Waals surface area (Å²) in [7, 11) is 0. The van der Waals surface area contributed by atoms with Crippen LogP contribution in [-0.2, 0) is 19.0 Å². The second-order valence-electron chi connectivity index (χ2n) is 10.3. The Hall–Kier alpha value is -0.130. The molecule has 0 unspecified atom stereocenters. The van der Waals surface area contributed by atoms with Gasteiger partial charge in [0.05, 0.1) is 6.61 Å². The highest BCUT2D eigenvalue weighted by Crippen LogP contribution is 2.12. The third kappa shape index (κ3) is 38.1. The largest absolute Gasteiger partial charge is 0.468 e. The van der Waals surface area contributed by atoms with E-state index in [1.54, 1.807) is 0 Å². The number of carbonyl (C=O) groups is 1. The van der Waals surface area contributed by atoms with Crippen molar-refractivity contribution in [2.75, 3.05) is 25.2 Å². The van der Waals surface area contributed by atoms with Crippen LogP contribution in [0, 0.1) is 0 Å². The Balaban J connectivity index is 0. The number of alkyl halides is 1. The molecule has 0 aliphatic rings. The predicted octanol–water partition coefficient (Wildman–Crippen LogP) is 10.9. The molecule has 4 nitrogen and oxygen atoms in total. The summed E-state index contributed by atoms with van der Waals surface area (Å²) >= 11 is 3.37. The van der Waals surface area contributed by atoms with Crippen molar-refractivity contribution in [2.45, 2.75) is 175 Å². The van der Waals surface area contributed by atoms with Crippen molar-refractivity contribution >= 4 is 22.4 Å². The van der Waals surface area contributed by atoms with Crippen LogP contribution >= 0.6 is 15.9 Å². The van der Waals surface area contributed by atoms with Crippen LogP contribution in [0.1, 0.15) is 168 Å². The fraction of sp³-hybridized carbons (Fsp3) is 0.969. The molecule has 0 saturated heterocycles. The lowest BCUT2D eigenvalue weighted by molar-refractivity contribution is -0.147. The van der Waals surface area contributed by atoms with Gasteiger partial charge in [-0.15, -0.1) is 0 Å². The maximum absolute atomic E-state index is 9.71. The Morgan fingerprint density at radius 2 is 0.892 bits per heavy atom. The number of halogens is 1. The molecule has 0 N–H and O–H groups in total. The third-order valence-corrected chi connectivity index (χ3v) is 7.15. The number of ether oxygens (including phenoxy) is 3. The van der Waals surface area contributed by atoms with E-state index in [2.05, 4.69) is 41.4 Å². The van der Waals surface area contributed by atoms with Gasteiger partial charge in [-0.3, -0.25) is 4.79 Å². The summed E-state index contributed by atoms with van der Waals surface area (Å²) in [6, 6.07) is 0. The summed E-state index contributed by atoms with van der Waals surface area (Å²) in [5.41, 5.74) is 0. The minimum Gasteiger partial charge on any atom is -0.468 e. The number of unbranched alkanes of at least 4 members (excludes halogenated alkanes) is 18. The summed E-state index contributed by atoms with van der Waals surface area (Å²) in [5, 5.41) is 1.10. The van der Waals surface area contributed by atoms with Gasteiger partial charge in [-0.25, -0.2) is 0 Å². The first-order valence-corrected chi connectivity index (χ1v) is 17.2. The van der Waals surface area contributed by atoms with Gasteiger partial charge < -0.3 is 14.2 Å². The van der Waals surface area contributed by atoms with Crippen molar-refractivity contribution < 1.29 is 19.0 Å². The van der Waals surface area contributed by atoms with Gasteiger partial charge in [0.15, 0.2) is 6.29 Å². The van der Waals surface area contributed by atoms with Crippen LogP contribution in [0.3, 0.4) is 0 Å². The standard InChI is InChI=1S/C24H50O2.C8H15BrO2/c1-4-7-9-11-13-15-17-19-22-25-24(21-6-3)26-23-20-18-16-14-12-10-8-5-2;9-6-4-2-1-3-5-7-11-8-10/h24H,4-23H2,1-3H3;8H,1-7H2.